The third-order valence-electron chi connectivity index (χ3n) is 3.01. The largest absolute Gasteiger partial charge is 0.506 e. The second kappa shape index (κ2) is 3.63. The van der Waals surface area contributed by atoms with E-state index < -0.39 is 0 Å². The Morgan fingerprint density at radius 3 is 2.88 bits per heavy atom. The summed E-state index contributed by atoms with van der Waals surface area (Å²) in [5.74, 6) is 1.02. The molecule has 3 heteroatoms. The summed E-state index contributed by atoms with van der Waals surface area (Å²) in [7, 11) is 0. The molecule has 1 aromatic heterocycles. The van der Waals surface area contributed by atoms with Gasteiger partial charge >= 0.3 is 0 Å². The van der Waals surface area contributed by atoms with Crippen molar-refractivity contribution in [3.8, 4) is 5.75 Å². The summed E-state index contributed by atoms with van der Waals surface area (Å²) in [6, 6.07) is 7.30. The summed E-state index contributed by atoms with van der Waals surface area (Å²) in [4.78, 5) is 4.49. The SMILES string of the molecule is Oc1cc2cc(Cl)ccc2nc1CC1CC1. The van der Waals surface area contributed by atoms with E-state index in [-0.39, 0.29) is 0 Å². The Bertz CT molecular complexity index is 549. The van der Waals surface area contributed by atoms with Crippen molar-refractivity contribution in [2.75, 3.05) is 0 Å². The minimum absolute atomic E-state index is 0.293. The van der Waals surface area contributed by atoms with Crippen molar-refractivity contribution < 1.29 is 5.11 Å². The zero-order valence-electron chi connectivity index (χ0n) is 8.78. The molecule has 1 heterocycles. The molecule has 0 saturated heterocycles. The van der Waals surface area contributed by atoms with Gasteiger partial charge in [-0.3, -0.25) is 0 Å². The lowest BCUT2D eigenvalue weighted by Crippen LogP contribution is -1.93. The average molecular weight is 234 g/mol. The number of hydrogen-bond donors (Lipinski definition) is 1. The molecule has 1 aliphatic carbocycles. The van der Waals surface area contributed by atoms with Crippen LogP contribution in [0.5, 0.6) is 5.75 Å². The van der Waals surface area contributed by atoms with Crippen molar-refractivity contribution in [3.63, 3.8) is 0 Å². The molecule has 1 aromatic carbocycles. The van der Waals surface area contributed by atoms with E-state index in [0.29, 0.717) is 10.8 Å². The summed E-state index contributed by atoms with van der Waals surface area (Å²) >= 11 is 5.90. The highest BCUT2D eigenvalue weighted by Crippen LogP contribution is 2.35. The zero-order valence-corrected chi connectivity index (χ0v) is 9.54. The average Bonchev–Trinajstić information content (AvgIpc) is 3.03. The molecule has 0 spiro atoms. The number of aromatic nitrogens is 1. The summed E-state index contributed by atoms with van der Waals surface area (Å²) in [6.07, 6.45) is 3.42. The van der Waals surface area contributed by atoms with Crippen molar-refractivity contribution in [2.24, 2.45) is 5.92 Å². The number of pyridine rings is 1. The highest BCUT2D eigenvalue weighted by atomic mass is 35.5. The van der Waals surface area contributed by atoms with E-state index >= 15 is 0 Å². The normalized spacial score (nSPS) is 15.6. The van der Waals surface area contributed by atoms with Gasteiger partial charge in [-0.1, -0.05) is 11.6 Å². The lowest BCUT2D eigenvalue weighted by Gasteiger charge is -2.05. The van der Waals surface area contributed by atoms with Crippen LogP contribution in [0.2, 0.25) is 5.02 Å². The van der Waals surface area contributed by atoms with Crippen LogP contribution in [-0.4, -0.2) is 10.1 Å². The molecule has 0 atom stereocenters. The van der Waals surface area contributed by atoms with E-state index in [0.717, 1.165) is 28.9 Å². The number of halogens is 1. The van der Waals surface area contributed by atoms with Crippen molar-refractivity contribution >= 4 is 22.5 Å². The zero-order chi connectivity index (χ0) is 11.1. The van der Waals surface area contributed by atoms with Gasteiger partial charge in [0.25, 0.3) is 0 Å². The molecule has 3 rings (SSSR count). The van der Waals surface area contributed by atoms with Gasteiger partial charge < -0.3 is 5.11 Å². The molecule has 82 valence electrons. The standard InChI is InChI=1S/C13H12ClNO/c14-10-3-4-11-9(6-10)7-13(16)12(15-11)5-8-1-2-8/h3-4,6-8,16H,1-2,5H2. The molecule has 0 amide bonds. The van der Waals surface area contributed by atoms with Crippen LogP contribution in [-0.2, 0) is 6.42 Å². The van der Waals surface area contributed by atoms with Crippen LogP contribution in [0.15, 0.2) is 24.3 Å². The number of benzene rings is 1. The van der Waals surface area contributed by atoms with E-state index in [1.807, 2.05) is 18.2 Å². The van der Waals surface area contributed by atoms with E-state index in [2.05, 4.69) is 4.98 Å². The van der Waals surface area contributed by atoms with Gasteiger partial charge in [-0.15, -0.1) is 0 Å². The fourth-order valence-corrected chi connectivity index (χ4v) is 2.10. The molecule has 1 N–H and O–H groups in total. The second-order valence-electron chi connectivity index (χ2n) is 4.44. The number of rotatable bonds is 2. The maximum atomic E-state index is 9.87. The van der Waals surface area contributed by atoms with Gasteiger partial charge in [0.15, 0.2) is 0 Å². The first-order valence-corrected chi connectivity index (χ1v) is 5.88. The monoisotopic (exact) mass is 233 g/mol. The van der Waals surface area contributed by atoms with E-state index in [9.17, 15) is 5.11 Å². The smallest absolute Gasteiger partial charge is 0.137 e. The van der Waals surface area contributed by atoms with Gasteiger partial charge in [-0.25, -0.2) is 4.98 Å². The molecule has 1 saturated carbocycles. The van der Waals surface area contributed by atoms with E-state index in [1.54, 1.807) is 6.07 Å². The summed E-state index contributed by atoms with van der Waals surface area (Å²) in [5.41, 5.74) is 1.72. The molecule has 16 heavy (non-hydrogen) atoms. The van der Waals surface area contributed by atoms with Crippen LogP contribution in [0.3, 0.4) is 0 Å². The highest BCUT2D eigenvalue weighted by molar-refractivity contribution is 6.31. The number of fused-ring (bicyclic) bond motifs is 1. The number of hydrogen-bond acceptors (Lipinski definition) is 2. The Hall–Kier alpha value is -1.28. The molecule has 0 unspecified atom stereocenters. The second-order valence-corrected chi connectivity index (χ2v) is 4.88. The summed E-state index contributed by atoms with van der Waals surface area (Å²) < 4.78 is 0. The Balaban J connectivity index is 2.09. The number of nitrogens with zero attached hydrogens (tertiary/aromatic N) is 1. The van der Waals surface area contributed by atoms with Gasteiger partial charge in [0.1, 0.15) is 5.75 Å². The Morgan fingerprint density at radius 2 is 2.12 bits per heavy atom. The van der Waals surface area contributed by atoms with Crippen LogP contribution in [0.4, 0.5) is 0 Å². The maximum absolute atomic E-state index is 9.87. The van der Waals surface area contributed by atoms with Crippen LogP contribution < -0.4 is 0 Å². The molecule has 2 nitrogen and oxygen atoms in total. The molecule has 1 fully saturated rings. The van der Waals surface area contributed by atoms with Crippen LogP contribution in [0.1, 0.15) is 18.5 Å². The molecule has 0 aliphatic heterocycles. The van der Waals surface area contributed by atoms with Crippen molar-refractivity contribution in [2.45, 2.75) is 19.3 Å². The molecular formula is C13H12ClNO. The topological polar surface area (TPSA) is 33.1 Å². The lowest BCUT2D eigenvalue weighted by atomic mass is 10.1. The van der Waals surface area contributed by atoms with Crippen LogP contribution in [0.25, 0.3) is 10.9 Å². The first-order valence-electron chi connectivity index (χ1n) is 5.50. The Kier molecular flexibility index (Phi) is 2.25. The molecule has 0 bridgehead atoms. The molecule has 2 aromatic rings. The lowest BCUT2D eigenvalue weighted by molar-refractivity contribution is 0.463. The number of aromatic hydroxyl groups is 1. The Labute approximate surface area is 98.9 Å². The third-order valence-corrected chi connectivity index (χ3v) is 3.25. The van der Waals surface area contributed by atoms with Crippen molar-refractivity contribution in [1.29, 1.82) is 0 Å². The van der Waals surface area contributed by atoms with Gasteiger partial charge in [0.05, 0.1) is 11.2 Å². The van der Waals surface area contributed by atoms with Crippen molar-refractivity contribution in [1.82, 2.24) is 4.98 Å². The Morgan fingerprint density at radius 1 is 1.31 bits per heavy atom. The minimum atomic E-state index is 0.293. The molecule has 0 radical (unpaired) electrons. The third kappa shape index (κ3) is 1.85. The molecule has 1 aliphatic rings. The highest BCUT2D eigenvalue weighted by Gasteiger charge is 2.23. The maximum Gasteiger partial charge on any atom is 0.137 e. The predicted molar refractivity (Wildman–Crippen MR) is 64.8 cm³/mol. The quantitative estimate of drug-likeness (QED) is 0.861. The van der Waals surface area contributed by atoms with E-state index in [1.165, 1.54) is 12.8 Å². The van der Waals surface area contributed by atoms with E-state index in [4.69, 9.17) is 11.6 Å². The van der Waals surface area contributed by atoms with Gasteiger partial charge in [0, 0.05) is 10.4 Å². The van der Waals surface area contributed by atoms with Gasteiger partial charge in [0.2, 0.25) is 0 Å². The van der Waals surface area contributed by atoms with Crippen LogP contribution in [0, 0.1) is 5.92 Å². The minimum Gasteiger partial charge on any atom is -0.506 e. The van der Waals surface area contributed by atoms with Gasteiger partial charge in [-0.05, 0) is 49.4 Å². The molecular weight excluding hydrogens is 222 g/mol. The fraction of sp³-hybridized carbons (Fsp3) is 0.308. The van der Waals surface area contributed by atoms with Crippen molar-refractivity contribution in [3.05, 3.63) is 35.0 Å². The van der Waals surface area contributed by atoms with Crippen LogP contribution >= 0.6 is 11.6 Å². The predicted octanol–water partition coefficient (Wildman–Crippen LogP) is 3.55. The first-order chi connectivity index (χ1) is 7.72. The first kappa shape index (κ1) is 9.91. The van der Waals surface area contributed by atoms with Gasteiger partial charge in [-0.2, -0.15) is 0 Å². The summed E-state index contributed by atoms with van der Waals surface area (Å²) in [5, 5.41) is 11.4. The summed E-state index contributed by atoms with van der Waals surface area (Å²) in [6.45, 7) is 0. The fourth-order valence-electron chi connectivity index (χ4n) is 1.92.